The fourth-order valence-electron chi connectivity index (χ4n) is 3.30. The molecule has 17 heteroatoms. The van der Waals surface area contributed by atoms with Crippen LogP contribution in [0, 0.1) is 0 Å². The van der Waals surface area contributed by atoms with Crippen molar-refractivity contribution in [2.24, 2.45) is 0 Å². The molecule has 0 aliphatic carbocycles. The van der Waals surface area contributed by atoms with Gasteiger partial charge in [0.05, 0.1) is 24.2 Å². The minimum Gasteiger partial charge on any atom is -0.542 e. The summed E-state index contributed by atoms with van der Waals surface area (Å²) in [5.74, 6) is -4.65. The van der Waals surface area contributed by atoms with E-state index in [0.29, 0.717) is 22.2 Å². The second kappa shape index (κ2) is 14.4. The minimum absolute atomic E-state index is 0.0124. The molecular weight excluding hydrogens is 589 g/mol. The van der Waals surface area contributed by atoms with Gasteiger partial charge in [-0.3, -0.25) is 18.8 Å². The van der Waals surface area contributed by atoms with Gasteiger partial charge in [-0.05, 0) is 30.3 Å². The Morgan fingerprint density at radius 1 is 1.14 bits per heavy atom. The minimum atomic E-state index is -5.19. The molecule has 0 saturated carbocycles. The molecule has 0 saturated heterocycles. The summed E-state index contributed by atoms with van der Waals surface area (Å²) in [7, 11) is -2.98. The van der Waals surface area contributed by atoms with Gasteiger partial charge in [-0.15, -0.1) is 0 Å². The number of amides is 1. The molecule has 42 heavy (non-hydrogen) atoms. The number of hydrogen-bond acceptors (Lipinski definition) is 8. The lowest BCUT2D eigenvalue weighted by molar-refractivity contribution is -0.368. The first-order chi connectivity index (χ1) is 19.6. The third kappa shape index (κ3) is 9.02. The number of carboxylic acids is 2. The summed E-state index contributed by atoms with van der Waals surface area (Å²) in [6.07, 6.45) is -2.91. The molecular formula is C25H27F3N4O9S. The average Bonchev–Trinajstić information content (AvgIpc) is 2.93. The highest BCUT2D eigenvalue weighted by Crippen LogP contribution is 2.17. The molecule has 0 bridgehead atoms. The SMILES string of the molecule is CN([C@@H](CNC(=O)c1cc(=O)n2cc(OCCC[NH3+])ccc2c1)C(=O)O)S(=O)(=O)c1ccccc1.O=C([O-])C(F)(F)F. The number of halogens is 3. The van der Waals surface area contributed by atoms with E-state index in [1.54, 1.807) is 18.2 Å². The standard InChI is InChI=1S/C23H26N4O7S.C2HF3O2/c1-26(35(32,33)19-6-3-2-4-7-19)20(23(30)31)14-25-22(29)16-12-17-8-9-18(34-11-5-10-24)15-27(17)21(28)13-16;3-2(4,5)1(6)7/h2-4,6-9,12-13,15,20H,5,10-11,14,24H2,1H3,(H,25,29)(H,30,31);(H,6,7)/t20-;/m0./s1. The van der Waals surface area contributed by atoms with Crippen LogP contribution in [0.25, 0.3) is 5.52 Å². The van der Waals surface area contributed by atoms with E-state index in [2.05, 4.69) is 11.1 Å². The van der Waals surface area contributed by atoms with Crippen molar-refractivity contribution in [3.8, 4) is 5.75 Å². The number of hydrogen-bond donors (Lipinski definition) is 3. The maximum atomic E-state index is 12.8. The number of nitrogens with one attached hydrogen (secondary N) is 1. The van der Waals surface area contributed by atoms with Gasteiger partial charge in [0.1, 0.15) is 17.8 Å². The van der Waals surface area contributed by atoms with Gasteiger partial charge < -0.3 is 30.8 Å². The molecule has 0 spiro atoms. The highest BCUT2D eigenvalue weighted by atomic mass is 32.2. The molecule has 0 unspecified atom stereocenters. The Morgan fingerprint density at radius 3 is 2.31 bits per heavy atom. The van der Waals surface area contributed by atoms with Gasteiger partial charge in [0.25, 0.3) is 11.5 Å². The molecule has 1 aromatic carbocycles. The van der Waals surface area contributed by atoms with Crippen LogP contribution in [0.4, 0.5) is 13.2 Å². The molecule has 0 fully saturated rings. The van der Waals surface area contributed by atoms with E-state index >= 15 is 0 Å². The Balaban J connectivity index is 0.000000782. The van der Waals surface area contributed by atoms with E-state index in [4.69, 9.17) is 14.6 Å². The van der Waals surface area contributed by atoms with Crippen LogP contribution in [0.2, 0.25) is 0 Å². The number of alkyl halides is 3. The molecule has 0 aliphatic rings. The molecule has 3 rings (SSSR count). The van der Waals surface area contributed by atoms with Crippen LogP contribution in [-0.2, 0) is 19.6 Å². The van der Waals surface area contributed by atoms with Crippen molar-refractivity contribution in [1.82, 2.24) is 14.0 Å². The molecule has 13 nitrogen and oxygen atoms in total. The summed E-state index contributed by atoms with van der Waals surface area (Å²) in [4.78, 5) is 45.8. The number of carboxylic acid groups (broad SMARTS) is 2. The number of aromatic nitrogens is 1. The van der Waals surface area contributed by atoms with Gasteiger partial charge in [0.15, 0.2) is 0 Å². The summed E-state index contributed by atoms with van der Waals surface area (Å²) in [5.41, 5.74) is 3.71. The van der Waals surface area contributed by atoms with E-state index in [1.165, 1.54) is 40.9 Å². The molecule has 5 N–H and O–H groups in total. The van der Waals surface area contributed by atoms with E-state index < -0.39 is 52.2 Å². The maximum absolute atomic E-state index is 12.8. The van der Waals surface area contributed by atoms with Gasteiger partial charge in [-0.25, -0.2) is 8.42 Å². The van der Waals surface area contributed by atoms with E-state index in [1.807, 2.05) is 0 Å². The van der Waals surface area contributed by atoms with Gasteiger partial charge in [-0.1, -0.05) is 18.2 Å². The molecule has 228 valence electrons. The molecule has 2 heterocycles. The van der Waals surface area contributed by atoms with Crippen LogP contribution < -0.4 is 26.5 Å². The van der Waals surface area contributed by atoms with Crippen molar-refractivity contribution in [1.29, 1.82) is 0 Å². The van der Waals surface area contributed by atoms with Gasteiger partial charge >= 0.3 is 12.1 Å². The highest BCUT2D eigenvalue weighted by molar-refractivity contribution is 7.89. The summed E-state index contributed by atoms with van der Waals surface area (Å²) in [6.45, 7) is 0.682. The highest BCUT2D eigenvalue weighted by Gasteiger charge is 2.33. The largest absolute Gasteiger partial charge is 0.542 e. The summed E-state index contributed by atoms with van der Waals surface area (Å²) in [6, 6.07) is 11.7. The number of fused-ring (bicyclic) bond motifs is 1. The van der Waals surface area contributed by atoms with Crippen molar-refractivity contribution in [2.75, 3.05) is 26.7 Å². The number of carbonyl (C=O) groups is 3. The molecule has 0 radical (unpaired) electrons. The number of nitrogens with zero attached hydrogens (tertiary/aromatic N) is 2. The van der Waals surface area contributed by atoms with Crippen molar-refractivity contribution in [3.05, 3.63) is 76.7 Å². The van der Waals surface area contributed by atoms with E-state index in [0.717, 1.165) is 26.1 Å². The normalized spacial score (nSPS) is 12.2. The van der Waals surface area contributed by atoms with E-state index in [-0.39, 0.29) is 10.5 Å². The van der Waals surface area contributed by atoms with Crippen LogP contribution in [0.15, 0.2) is 70.5 Å². The third-order valence-electron chi connectivity index (χ3n) is 5.53. The lowest BCUT2D eigenvalue weighted by atomic mass is 10.2. The predicted octanol–water partition coefficient (Wildman–Crippen LogP) is -0.887. The van der Waals surface area contributed by atoms with Crippen molar-refractivity contribution in [2.45, 2.75) is 23.5 Å². The Kier molecular flexibility index (Phi) is 11.6. The number of ether oxygens (including phenoxy) is 1. The zero-order valence-corrected chi connectivity index (χ0v) is 22.9. The second-order valence-electron chi connectivity index (χ2n) is 8.48. The molecule has 2 aromatic heterocycles. The van der Waals surface area contributed by atoms with Gasteiger partial charge in [0, 0.05) is 37.2 Å². The lowest BCUT2D eigenvalue weighted by Gasteiger charge is -2.24. The smallest absolute Gasteiger partial charge is 0.430 e. The Hall–Kier alpha value is -4.48. The second-order valence-corrected chi connectivity index (χ2v) is 10.5. The Bertz CT molecular complexity index is 1580. The average molecular weight is 617 g/mol. The summed E-state index contributed by atoms with van der Waals surface area (Å²) >= 11 is 0. The van der Waals surface area contributed by atoms with Gasteiger partial charge in [0.2, 0.25) is 10.0 Å². The zero-order valence-electron chi connectivity index (χ0n) is 22.0. The maximum Gasteiger partial charge on any atom is 0.430 e. The number of sulfonamides is 1. The molecule has 1 atom stereocenters. The predicted molar refractivity (Wildman–Crippen MR) is 138 cm³/mol. The van der Waals surface area contributed by atoms with Crippen LogP contribution in [0.5, 0.6) is 5.75 Å². The van der Waals surface area contributed by atoms with Crippen LogP contribution in [0.1, 0.15) is 16.8 Å². The monoisotopic (exact) mass is 616 g/mol. The first-order valence-corrected chi connectivity index (χ1v) is 13.4. The van der Waals surface area contributed by atoms with Gasteiger partial charge in [-0.2, -0.15) is 17.5 Å². The quantitative estimate of drug-likeness (QED) is 0.229. The number of likely N-dealkylation sites (N-methyl/N-ethyl adjacent to an activating group) is 1. The lowest BCUT2D eigenvalue weighted by Crippen LogP contribution is -2.50. The van der Waals surface area contributed by atoms with Crippen molar-refractivity contribution < 1.29 is 56.7 Å². The van der Waals surface area contributed by atoms with Crippen LogP contribution in [0.3, 0.4) is 0 Å². The van der Waals surface area contributed by atoms with Crippen molar-refractivity contribution >= 4 is 33.4 Å². The van der Waals surface area contributed by atoms with Crippen molar-refractivity contribution in [3.63, 3.8) is 0 Å². The molecule has 1 amide bonds. The number of rotatable bonds is 11. The molecule has 3 aromatic rings. The van der Waals surface area contributed by atoms with Crippen LogP contribution in [-0.4, -0.2) is 79.0 Å². The summed E-state index contributed by atoms with van der Waals surface area (Å²) < 4.78 is 64.7. The third-order valence-corrected chi connectivity index (χ3v) is 7.41. The first-order valence-electron chi connectivity index (χ1n) is 12.0. The number of pyridine rings is 2. The topological polar surface area (TPSA) is 202 Å². The fraction of sp³-hybridized carbons (Fsp3) is 0.280. The van der Waals surface area contributed by atoms with E-state index in [9.17, 15) is 41.1 Å². The summed E-state index contributed by atoms with van der Waals surface area (Å²) in [5, 5.41) is 20.8. The number of carbonyl (C=O) groups excluding carboxylic acids is 2. The zero-order chi connectivity index (χ0) is 31.7. The fourth-order valence-corrected chi connectivity index (χ4v) is 4.64. The Labute approximate surface area is 237 Å². The Morgan fingerprint density at radius 2 is 1.76 bits per heavy atom. The first kappa shape index (κ1) is 33.7. The number of quaternary nitrogens is 1. The number of benzene rings is 1. The number of aliphatic carboxylic acids is 2. The van der Waals surface area contributed by atoms with Crippen LogP contribution >= 0.6 is 0 Å². The molecule has 0 aliphatic heterocycles.